The molecule has 1 aromatic rings. The van der Waals surface area contributed by atoms with E-state index >= 15 is 0 Å². The van der Waals surface area contributed by atoms with Gasteiger partial charge in [0.05, 0.1) is 6.61 Å². The number of aliphatic hydroxyl groups is 1. The summed E-state index contributed by atoms with van der Waals surface area (Å²) in [4.78, 5) is 0. The van der Waals surface area contributed by atoms with Crippen LogP contribution in [0.2, 0.25) is 5.02 Å². The van der Waals surface area contributed by atoms with E-state index in [1.165, 1.54) is 0 Å². The predicted molar refractivity (Wildman–Crippen MR) is 86.0 cm³/mol. The number of benzene rings is 1. The molecule has 0 bridgehead atoms. The summed E-state index contributed by atoms with van der Waals surface area (Å²) in [5.74, 6) is 0. The van der Waals surface area contributed by atoms with Gasteiger partial charge in [-0.2, -0.15) is 12.1 Å². The Hall–Kier alpha value is 0.924. The molecule has 1 aromatic carbocycles. The van der Waals surface area contributed by atoms with E-state index in [1.54, 1.807) is 0 Å². The second-order valence-corrected chi connectivity index (χ2v) is 7.37. The fourth-order valence-corrected chi connectivity index (χ4v) is 4.33. The average molecular weight is 407 g/mol. The molecule has 1 rings (SSSR count). The third-order valence-electron chi connectivity index (χ3n) is 2.91. The summed E-state index contributed by atoms with van der Waals surface area (Å²) in [5.41, 5.74) is 1.74. The molecule has 0 saturated heterocycles. The molecule has 1 radical (unpaired) electrons. The van der Waals surface area contributed by atoms with Crippen LogP contribution in [-0.4, -0.2) is 30.0 Å². The molecule has 1 unspecified atom stereocenters. The van der Waals surface area contributed by atoms with Crippen LogP contribution >= 0.6 is 19.9 Å². The van der Waals surface area contributed by atoms with Crippen LogP contribution in [0.1, 0.15) is 38.8 Å². The van der Waals surface area contributed by atoms with Crippen LogP contribution in [0.3, 0.4) is 0 Å². The molecular formula is C15H24ClNO2PY-. The Morgan fingerprint density at radius 1 is 1.38 bits per heavy atom. The van der Waals surface area contributed by atoms with Gasteiger partial charge in [0.25, 0.3) is 0 Å². The molecule has 0 aliphatic heterocycles. The maximum absolute atomic E-state index is 6.80. The molecule has 0 spiro atoms. The second-order valence-electron chi connectivity index (χ2n) is 5.31. The monoisotopic (exact) mass is 406 g/mol. The van der Waals surface area contributed by atoms with Crippen molar-refractivity contribution in [2.45, 2.75) is 53.0 Å². The molecule has 1 N–H and O–H groups in total. The van der Waals surface area contributed by atoms with E-state index in [2.05, 4.69) is 50.2 Å². The van der Waals surface area contributed by atoms with Crippen LogP contribution in [0.4, 0.5) is 0 Å². The van der Waals surface area contributed by atoms with Crippen LogP contribution in [0, 0.1) is 6.07 Å². The van der Waals surface area contributed by atoms with Crippen molar-refractivity contribution in [1.29, 1.82) is 1.43 Å². The van der Waals surface area contributed by atoms with Crippen molar-refractivity contribution in [1.82, 2.24) is 4.67 Å². The first kappa shape index (κ1) is 20.0. The van der Waals surface area contributed by atoms with Crippen LogP contribution in [-0.2, 0) is 50.4 Å². The predicted octanol–water partition coefficient (Wildman–Crippen LogP) is 4.21. The first-order valence-electron chi connectivity index (χ1n) is 7.19. The summed E-state index contributed by atoms with van der Waals surface area (Å²) >= 11 is 6.03. The second kappa shape index (κ2) is 10.7. The minimum absolute atomic E-state index is 0. The molecule has 0 fully saturated rings. The number of halogens is 1. The van der Waals surface area contributed by atoms with E-state index < -0.39 is 8.30 Å². The number of nitrogens with zero attached hydrogens (tertiary/aromatic N) is 1. The van der Waals surface area contributed by atoms with Crippen molar-refractivity contribution in [3.05, 3.63) is 34.3 Å². The molecule has 0 heterocycles. The zero-order chi connectivity index (χ0) is 16.0. The maximum Gasteiger partial charge on any atom is 0.210 e. The summed E-state index contributed by atoms with van der Waals surface area (Å²) in [6.07, 6.45) is 0. The van der Waals surface area contributed by atoms with Gasteiger partial charge in [0, 0.05) is 51.4 Å². The first-order valence-corrected chi connectivity index (χ1v) is 8.82. The fraction of sp³-hybridized carbons (Fsp3) is 0.600. The van der Waals surface area contributed by atoms with Gasteiger partial charge < -0.3 is 9.63 Å². The smallest absolute Gasteiger partial charge is 0.210 e. The van der Waals surface area contributed by atoms with E-state index in [-0.39, 0.29) is 39.3 Å². The van der Waals surface area contributed by atoms with Crippen LogP contribution in [0.15, 0.2) is 12.1 Å². The standard InChI is InChI=1S/C15H24ClNO2P.Y/c1-11(2)17(12(3)4)20(5)19-10-14-6-13(9-18)7-15(16)8-14;/h6,8,11-12,18H,9-10H2,1-5H3;/q-1;/i18D;. The van der Waals surface area contributed by atoms with Crippen LogP contribution in [0.25, 0.3) is 0 Å². The summed E-state index contributed by atoms with van der Waals surface area (Å²) in [6.45, 7) is 11.5. The fourth-order valence-electron chi connectivity index (χ4n) is 2.30. The van der Waals surface area contributed by atoms with Gasteiger partial charge in [-0.05, 0) is 34.4 Å². The van der Waals surface area contributed by atoms with Gasteiger partial charge in [-0.1, -0.05) is 5.02 Å². The Morgan fingerprint density at radius 3 is 2.52 bits per heavy atom. The Labute approximate surface area is 161 Å². The van der Waals surface area contributed by atoms with E-state index in [0.717, 1.165) is 11.1 Å². The third kappa shape index (κ3) is 7.35. The Morgan fingerprint density at radius 2 is 2.00 bits per heavy atom. The molecule has 0 aliphatic rings. The van der Waals surface area contributed by atoms with Gasteiger partial charge >= 0.3 is 0 Å². The van der Waals surface area contributed by atoms with E-state index in [4.69, 9.17) is 17.6 Å². The van der Waals surface area contributed by atoms with Gasteiger partial charge in [-0.25, -0.2) is 0 Å². The van der Waals surface area contributed by atoms with Crippen molar-refractivity contribution >= 4 is 19.9 Å². The van der Waals surface area contributed by atoms with Crippen molar-refractivity contribution in [2.75, 3.05) is 6.66 Å². The summed E-state index contributed by atoms with van der Waals surface area (Å²) in [7, 11) is -0.662. The van der Waals surface area contributed by atoms with Crippen LogP contribution < -0.4 is 0 Å². The molecular weight excluding hydrogens is 382 g/mol. The van der Waals surface area contributed by atoms with Gasteiger partial charge in [0.15, 0.2) is 0 Å². The molecule has 0 aliphatic carbocycles. The van der Waals surface area contributed by atoms with Gasteiger partial charge in [0.2, 0.25) is 1.43 Å². The quantitative estimate of drug-likeness (QED) is 0.518. The molecule has 117 valence electrons. The Kier molecular flexibility index (Phi) is 10.1. The number of aliphatic hydroxyl groups excluding tert-OH is 1. The normalized spacial score (nSPS) is 13.5. The molecule has 3 nitrogen and oxygen atoms in total. The van der Waals surface area contributed by atoms with Crippen molar-refractivity contribution < 1.29 is 42.3 Å². The van der Waals surface area contributed by atoms with Gasteiger partial charge in [-0.15, -0.1) is 28.8 Å². The Balaban J connectivity index is 0.00000441. The summed E-state index contributed by atoms with van der Waals surface area (Å²) < 4.78 is 15.2. The molecule has 0 saturated carbocycles. The van der Waals surface area contributed by atoms with Gasteiger partial charge in [-0.3, -0.25) is 4.67 Å². The zero-order valence-corrected chi connectivity index (χ0v) is 17.9. The maximum atomic E-state index is 6.80. The number of hydrogen-bond donors (Lipinski definition) is 1. The molecule has 0 amide bonds. The SMILES string of the molecule is [2H]OCc1[c-]c(Cl)cc(COP(C)N(C(C)C)C(C)C)c1.[Y]. The van der Waals surface area contributed by atoms with E-state index in [1.807, 2.05) is 12.1 Å². The Bertz CT molecular complexity index is 444. The summed E-state index contributed by atoms with van der Waals surface area (Å²) in [5, 5.41) is 4.90. The van der Waals surface area contributed by atoms with E-state index in [9.17, 15) is 0 Å². The molecule has 6 heteroatoms. The molecule has 21 heavy (non-hydrogen) atoms. The van der Waals surface area contributed by atoms with E-state index in [0.29, 0.717) is 23.7 Å². The largest absolute Gasteiger partial charge is 0.394 e. The molecule has 1 atom stereocenters. The summed E-state index contributed by atoms with van der Waals surface area (Å²) in [6, 6.07) is 7.60. The minimum atomic E-state index is -0.662. The third-order valence-corrected chi connectivity index (χ3v) is 5.19. The topological polar surface area (TPSA) is 32.7 Å². The molecule has 0 aromatic heterocycles. The number of hydrogen-bond acceptors (Lipinski definition) is 3. The van der Waals surface area contributed by atoms with Crippen LogP contribution in [0.5, 0.6) is 0 Å². The average Bonchev–Trinajstić information content (AvgIpc) is 2.35. The van der Waals surface area contributed by atoms with Crippen molar-refractivity contribution in [2.24, 2.45) is 0 Å². The first-order chi connectivity index (χ1) is 9.85. The number of rotatable bonds is 8. The van der Waals surface area contributed by atoms with Gasteiger partial charge in [0.1, 0.15) is 8.30 Å². The van der Waals surface area contributed by atoms with Crippen molar-refractivity contribution in [3.63, 3.8) is 0 Å². The zero-order valence-electron chi connectivity index (χ0n) is 14.4. The minimum Gasteiger partial charge on any atom is -0.394 e. The van der Waals surface area contributed by atoms with Crippen molar-refractivity contribution in [3.8, 4) is 0 Å².